The number of nitrogens with zero attached hydrogens (tertiary/aromatic N) is 2. The quantitative estimate of drug-likeness (QED) is 0.269. The zero-order valence-corrected chi connectivity index (χ0v) is 32.0. The van der Waals surface area contributed by atoms with Gasteiger partial charge in [0.25, 0.3) is 0 Å². The molecule has 0 spiro atoms. The molecule has 188 valence electrons. The van der Waals surface area contributed by atoms with Crippen LogP contribution in [0, 0.1) is 0 Å². The minimum absolute atomic E-state index is 0. The Morgan fingerprint density at radius 2 is 0.844 bits per heavy atom. The maximum atomic E-state index is 5.28. The van der Waals surface area contributed by atoms with E-state index in [1.54, 1.807) is 14.7 Å². The van der Waals surface area contributed by atoms with Crippen molar-refractivity contribution in [3.8, 4) is 0 Å². The van der Waals surface area contributed by atoms with E-state index in [1.165, 1.54) is 52.4 Å². The zero-order chi connectivity index (χ0) is 24.5. The van der Waals surface area contributed by atoms with Gasteiger partial charge in [-0.3, -0.25) is 0 Å². The van der Waals surface area contributed by atoms with Crippen LogP contribution < -0.4 is 19.3 Å². The summed E-state index contributed by atoms with van der Waals surface area (Å²) in [5.41, 5.74) is 0. The van der Waals surface area contributed by atoms with Crippen molar-refractivity contribution >= 4 is 79.3 Å². The molecule has 1 rings (SSSR count). The smallest absolute Gasteiger partial charge is 0.668 e. The molecule has 0 amide bonds. The van der Waals surface area contributed by atoms with Crippen LogP contribution in [0.3, 0.4) is 0 Å². The van der Waals surface area contributed by atoms with E-state index in [-0.39, 0.29) is 45.5 Å². The first-order valence-corrected chi connectivity index (χ1v) is 25.3. The average molecular weight is 597 g/mol. The molecule has 1 heterocycles. The van der Waals surface area contributed by atoms with Gasteiger partial charge in [-0.1, -0.05) is 77.8 Å². The molecule has 2 atom stereocenters. The van der Waals surface area contributed by atoms with Crippen molar-refractivity contribution in [2.24, 2.45) is 0 Å². The van der Waals surface area contributed by atoms with Crippen LogP contribution in [0.2, 0.25) is 65.5 Å². The van der Waals surface area contributed by atoms with Crippen molar-refractivity contribution in [2.45, 2.75) is 65.5 Å². The molecule has 0 aromatic heterocycles. The summed E-state index contributed by atoms with van der Waals surface area (Å²) in [5, 5.41) is 0. The third kappa shape index (κ3) is 20.3. The van der Waals surface area contributed by atoms with Gasteiger partial charge in [-0.05, 0) is 13.1 Å². The van der Waals surface area contributed by atoms with E-state index in [2.05, 4.69) is 86.6 Å². The van der Waals surface area contributed by atoms with Crippen LogP contribution in [0.4, 0.5) is 0 Å². The summed E-state index contributed by atoms with van der Waals surface area (Å²) in [6.45, 7) is 33.9. The Morgan fingerprint density at radius 3 is 1.06 bits per heavy atom. The van der Waals surface area contributed by atoms with Gasteiger partial charge in [0.05, 0.1) is 21.1 Å². The molecule has 6 nitrogen and oxygen atoms in total. The van der Waals surface area contributed by atoms with Crippen LogP contribution in [0.15, 0.2) is 0 Å². The molecule has 32 heavy (non-hydrogen) atoms. The third-order valence-corrected chi connectivity index (χ3v) is 18.0. The Morgan fingerprint density at radius 1 is 0.562 bits per heavy atom. The molecule has 0 radical (unpaired) electrons. The van der Waals surface area contributed by atoms with Crippen molar-refractivity contribution in [1.29, 1.82) is 0 Å². The van der Waals surface area contributed by atoms with E-state index in [4.69, 9.17) is 9.30 Å². The third-order valence-electron chi connectivity index (χ3n) is 5.78. The summed E-state index contributed by atoms with van der Waals surface area (Å²) in [7, 11) is 2.58. The first-order valence-electron chi connectivity index (χ1n) is 12.7. The van der Waals surface area contributed by atoms with E-state index < -0.39 is 33.8 Å². The fraction of sp³-hybridized carbons (Fsp3) is 1.00. The fourth-order valence-corrected chi connectivity index (χ4v) is 19.9. The van der Waals surface area contributed by atoms with Crippen molar-refractivity contribution in [3.63, 3.8) is 0 Å². The van der Waals surface area contributed by atoms with Gasteiger partial charge in [0.15, 0.2) is 8.40 Å². The first-order chi connectivity index (χ1) is 13.9. The summed E-state index contributed by atoms with van der Waals surface area (Å²) in [6, 6.07) is 0. The predicted molar refractivity (Wildman–Crippen MR) is 156 cm³/mol. The van der Waals surface area contributed by atoms with Crippen molar-refractivity contribution in [3.05, 3.63) is 9.30 Å². The molecule has 0 saturated carbocycles. The van der Waals surface area contributed by atoms with Gasteiger partial charge in [0.1, 0.15) is 52.4 Å². The van der Waals surface area contributed by atoms with Crippen LogP contribution in [0.5, 0.6) is 0 Å². The Hall–Kier alpha value is 2.11. The average Bonchev–Trinajstić information content (AvgIpc) is 2.52. The van der Waals surface area contributed by atoms with E-state index in [1.807, 2.05) is 4.57 Å². The van der Waals surface area contributed by atoms with Gasteiger partial charge in [-0.15, -0.1) is 0 Å². The van der Waals surface area contributed by atoms with Gasteiger partial charge < -0.3 is 28.6 Å². The molecule has 1 fully saturated rings. The molecular weight excluding hydrogens is 536 g/mol. The molecule has 11 heteroatoms. The Kier molecular flexibility index (Phi) is 19.0. The normalized spacial score (nSPS) is 26.8. The monoisotopic (exact) mass is 596 g/mol. The second-order valence-corrected chi connectivity index (χ2v) is 29.3. The van der Waals surface area contributed by atoms with E-state index in [0.717, 1.165) is 0 Å². The SMILES string of the molecule is C[NH+]1CC[NH+](C)CC[NH+]([Si](C)(C)[N-][SiH](C)C)CC[NH+](C)CC1.C[Si](C)(C)[N-][Si](C)(C)C.[Sr+2]. The fourth-order valence-electron chi connectivity index (χ4n) is 4.44. The summed E-state index contributed by atoms with van der Waals surface area (Å²) >= 11 is 0. The minimum Gasteiger partial charge on any atom is -0.668 e. The summed E-state index contributed by atoms with van der Waals surface area (Å²) in [4.78, 5) is 5.09. The van der Waals surface area contributed by atoms with Crippen LogP contribution in [0.25, 0.3) is 9.30 Å². The maximum absolute atomic E-state index is 5.28. The Bertz CT molecular complexity index is 456. The predicted octanol–water partition coefficient (Wildman–Crippen LogP) is -1.86. The van der Waals surface area contributed by atoms with E-state index in [9.17, 15) is 0 Å². The summed E-state index contributed by atoms with van der Waals surface area (Å²) in [6.07, 6.45) is 0. The number of hydrogen-bond donors (Lipinski definition) is 4. The van der Waals surface area contributed by atoms with Gasteiger partial charge in [0, 0.05) is 0 Å². The van der Waals surface area contributed by atoms with Crippen molar-refractivity contribution in [1.82, 2.24) is 0 Å². The molecule has 0 aromatic rings. The number of likely N-dealkylation sites (N-methyl/N-ethyl adjacent to an activating group) is 3. The van der Waals surface area contributed by atoms with Gasteiger partial charge >= 0.3 is 45.5 Å². The topological polar surface area (TPSA) is 46.0 Å². The summed E-state index contributed by atoms with van der Waals surface area (Å²) in [5.74, 6) is 0. The molecule has 2 unspecified atom stereocenters. The zero-order valence-electron chi connectivity index (χ0n) is 24.3. The first kappa shape index (κ1) is 36.3. The molecule has 1 aliphatic heterocycles. The molecule has 0 aliphatic carbocycles. The van der Waals surface area contributed by atoms with Crippen LogP contribution >= 0.6 is 0 Å². The van der Waals surface area contributed by atoms with E-state index in [0.29, 0.717) is 0 Å². The number of rotatable bonds is 5. The van der Waals surface area contributed by atoms with Crippen molar-refractivity contribution < 1.29 is 19.3 Å². The molecule has 1 aliphatic rings. The van der Waals surface area contributed by atoms with Gasteiger partial charge in [0.2, 0.25) is 0 Å². The molecule has 4 N–H and O–H groups in total. The van der Waals surface area contributed by atoms with Crippen LogP contribution in [-0.4, -0.2) is 153 Å². The Labute approximate surface area is 244 Å². The second-order valence-electron chi connectivity index (χ2n) is 12.7. The Balaban J connectivity index is 0. The number of quaternary nitrogens is 4. The molecule has 0 bridgehead atoms. The van der Waals surface area contributed by atoms with Crippen LogP contribution in [0.1, 0.15) is 0 Å². The number of hydrogen-bond acceptors (Lipinski definition) is 0. The number of nitrogens with one attached hydrogen (secondary N) is 4. The summed E-state index contributed by atoms with van der Waals surface area (Å²) < 4.78 is 11.9. The molecule has 0 aromatic carbocycles. The second kappa shape index (κ2) is 16.8. The van der Waals surface area contributed by atoms with Crippen molar-refractivity contribution in [2.75, 3.05) is 73.5 Å². The van der Waals surface area contributed by atoms with Crippen LogP contribution in [-0.2, 0) is 0 Å². The maximum Gasteiger partial charge on any atom is 2.00 e. The largest absolute Gasteiger partial charge is 2.00 e. The van der Waals surface area contributed by atoms with Gasteiger partial charge in [-0.2, -0.15) is 0 Å². The van der Waals surface area contributed by atoms with E-state index >= 15 is 0 Å². The van der Waals surface area contributed by atoms with Gasteiger partial charge in [-0.25, -0.2) is 0 Å². The standard InChI is InChI=1S/C15H38N5Si2.C6H18NSi2.Sr/c1-17-8-10-18(2)12-14-20(15-13-19(3)11-9-17)22(6,7)16-21(4)5;1-8(2,3)7-9(4,5)6;/h21H,8-15H2,1-7H3;1-6H3;/q2*-1;+2/p+4. The minimum atomic E-state index is -1.49. The molecular formula is C21H60N6Si4Sr+4. The molecule has 1 saturated heterocycles.